The van der Waals surface area contributed by atoms with Crippen LogP contribution in [0.3, 0.4) is 0 Å². The van der Waals surface area contributed by atoms with Gasteiger partial charge in [0.05, 0.1) is 31.6 Å². The van der Waals surface area contributed by atoms with Crippen molar-refractivity contribution in [1.29, 1.82) is 0 Å². The molecular weight excluding hydrogens is 278 g/mol. The number of rotatable bonds is 7. The van der Waals surface area contributed by atoms with Crippen LogP contribution in [-0.2, 0) is 0 Å². The summed E-state index contributed by atoms with van der Waals surface area (Å²) in [6.07, 6.45) is 1.80. The summed E-state index contributed by atoms with van der Waals surface area (Å²) >= 11 is 0. The molecule has 22 heavy (non-hydrogen) atoms. The second-order valence-electron chi connectivity index (χ2n) is 5.19. The van der Waals surface area contributed by atoms with Crippen LogP contribution >= 0.6 is 0 Å². The lowest BCUT2D eigenvalue weighted by molar-refractivity contribution is 0.304. The van der Waals surface area contributed by atoms with E-state index in [0.717, 1.165) is 22.8 Å². The third-order valence-corrected chi connectivity index (χ3v) is 3.58. The van der Waals surface area contributed by atoms with Crippen LogP contribution in [0.5, 0.6) is 5.75 Å². The highest BCUT2D eigenvalue weighted by Gasteiger charge is 2.08. The van der Waals surface area contributed by atoms with E-state index in [1.54, 1.807) is 13.3 Å². The largest absolute Gasteiger partial charge is 0.497 e. The highest BCUT2D eigenvalue weighted by Crippen LogP contribution is 2.22. The molecular formula is C17H23N3O2. The minimum atomic E-state index is 0.128. The number of methoxy groups -OCH3 is 1. The van der Waals surface area contributed by atoms with Crippen LogP contribution in [-0.4, -0.2) is 37.4 Å². The predicted octanol–water partition coefficient (Wildman–Crippen LogP) is 2.69. The number of anilines is 2. The van der Waals surface area contributed by atoms with Gasteiger partial charge in [0.25, 0.3) is 0 Å². The summed E-state index contributed by atoms with van der Waals surface area (Å²) in [6.45, 7) is 2.81. The van der Waals surface area contributed by atoms with E-state index in [-0.39, 0.29) is 12.6 Å². The minimum absolute atomic E-state index is 0.128. The summed E-state index contributed by atoms with van der Waals surface area (Å²) in [5.41, 5.74) is 2.12. The summed E-state index contributed by atoms with van der Waals surface area (Å²) < 4.78 is 5.25. The van der Waals surface area contributed by atoms with E-state index >= 15 is 0 Å². The normalized spacial score (nSPS) is 11.8. The molecule has 0 aliphatic heterocycles. The molecule has 0 spiro atoms. The number of benzene rings is 1. The number of nitrogens with zero attached hydrogens (tertiary/aromatic N) is 2. The molecule has 0 fully saturated rings. The molecule has 0 amide bonds. The molecule has 2 N–H and O–H groups in total. The number of aliphatic hydroxyl groups excluding tert-OH is 1. The van der Waals surface area contributed by atoms with Crippen molar-refractivity contribution < 1.29 is 9.84 Å². The van der Waals surface area contributed by atoms with Crippen molar-refractivity contribution in [1.82, 2.24) is 4.98 Å². The zero-order valence-electron chi connectivity index (χ0n) is 13.3. The minimum Gasteiger partial charge on any atom is -0.497 e. The third kappa shape index (κ3) is 4.11. The van der Waals surface area contributed by atoms with Gasteiger partial charge in [0.15, 0.2) is 0 Å². The summed E-state index contributed by atoms with van der Waals surface area (Å²) in [5.74, 6) is 1.66. The Morgan fingerprint density at radius 2 is 2.14 bits per heavy atom. The van der Waals surface area contributed by atoms with Crippen LogP contribution in [0.15, 0.2) is 42.6 Å². The number of hydrogen-bond acceptors (Lipinski definition) is 5. The summed E-state index contributed by atoms with van der Waals surface area (Å²) in [7, 11) is 3.60. The number of aliphatic hydroxyl groups is 1. The molecule has 0 aliphatic carbocycles. The Bertz CT molecular complexity index is 587. The lowest BCUT2D eigenvalue weighted by Crippen LogP contribution is -2.21. The smallest absolute Gasteiger partial charge is 0.126 e. The van der Waals surface area contributed by atoms with Gasteiger partial charge in [0.2, 0.25) is 0 Å². The fourth-order valence-corrected chi connectivity index (χ4v) is 2.19. The predicted molar refractivity (Wildman–Crippen MR) is 89.6 cm³/mol. The molecule has 1 aromatic heterocycles. The van der Waals surface area contributed by atoms with Gasteiger partial charge >= 0.3 is 0 Å². The third-order valence-electron chi connectivity index (χ3n) is 3.58. The molecule has 2 aromatic rings. The summed E-state index contributed by atoms with van der Waals surface area (Å²) in [6, 6.07) is 12.0. The number of likely N-dealkylation sites (N-methyl/N-ethyl adjacent to an activating group) is 1. The Hall–Kier alpha value is -2.27. The molecule has 2 rings (SSSR count). The lowest BCUT2D eigenvalue weighted by Gasteiger charge is -2.19. The zero-order valence-corrected chi connectivity index (χ0v) is 13.3. The van der Waals surface area contributed by atoms with Crippen molar-refractivity contribution in [3.05, 3.63) is 48.2 Å². The molecule has 0 saturated heterocycles. The van der Waals surface area contributed by atoms with E-state index in [2.05, 4.69) is 23.3 Å². The Labute approximate surface area is 131 Å². The highest BCUT2D eigenvalue weighted by atomic mass is 16.5. The van der Waals surface area contributed by atoms with Crippen molar-refractivity contribution in [2.24, 2.45) is 0 Å². The van der Waals surface area contributed by atoms with Gasteiger partial charge in [-0.05, 0) is 36.8 Å². The molecule has 5 heteroatoms. The number of ether oxygens (including phenoxy) is 1. The van der Waals surface area contributed by atoms with E-state index in [0.29, 0.717) is 6.54 Å². The molecule has 1 atom stereocenters. The van der Waals surface area contributed by atoms with Crippen molar-refractivity contribution in [3.63, 3.8) is 0 Å². The monoisotopic (exact) mass is 301 g/mol. The first-order valence-corrected chi connectivity index (χ1v) is 7.32. The van der Waals surface area contributed by atoms with Gasteiger partial charge in [-0.2, -0.15) is 0 Å². The molecule has 0 saturated carbocycles. The summed E-state index contributed by atoms with van der Waals surface area (Å²) in [5, 5.41) is 12.3. The molecule has 118 valence electrons. The molecule has 1 aromatic carbocycles. The fourth-order valence-electron chi connectivity index (χ4n) is 2.19. The standard InChI is InChI=1S/C17H23N3O2/c1-13(14-5-4-6-16(11-14)22-3)19-17-8-7-15(12-18-17)20(2)9-10-21/h4-8,11-13,21H,9-10H2,1-3H3,(H,18,19). The average Bonchev–Trinajstić information content (AvgIpc) is 2.55. The maximum atomic E-state index is 8.96. The highest BCUT2D eigenvalue weighted by molar-refractivity contribution is 5.49. The Morgan fingerprint density at radius 3 is 2.77 bits per heavy atom. The van der Waals surface area contributed by atoms with Gasteiger partial charge in [0.1, 0.15) is 11.6 Å². The quantitative estimate of drug-likeness (QED) is 0.823. The Morgan fingerprint density at radius 1 is 1.32 bits per heavy atom. The molecule has 0 aliphatic rings. The van der Waals surface area contributed by atoms with E-state index in [1.165, 1.54) is 0 Å². The van der Waals surface area contributed by atoms with Crippen LogP contribution in [0, 0.1) is 0 Å². The first-order valence-electron chi connectivity index (χ1n) is 7.32. The number of nitrogens with one attached hydrogen (secondary N) is 1. The van der Waals surface area contributed by atoms with Crippen LogP contribution in [0.25, 0.3) is 0 Å². The van der Waals surface area contributed by atoms with Crippen LogP contribution < -0.4 is 15.0 Å². The molecule has 1 heterocycles. The number of pyridine rings is 1. The van der Waals surface area contributed by atoms with Gasteiger partial charge in [-0.1, -0.05) is 12.1 Å². The molecule has 5 nitrogen and oxygen atoms in total. The molecule has 1 unspecified atom stereocenters. The van der Waals surface area contributed by atoms with Crippen LogP contribution in [0.1, 0.15) is 18.5 Å². The van der Waals surface area contributed by atoms with Crippen molar-refractivity contribution >= 4 is 11.5 Å². The van der Waals surface area contributed by atoms with Gasteiger partial charge in [-0.25, -0.2) is 4.98 Å². The average molecular weight is 301 g/mol. The zero-order chi connectivity index (χ0) is 15.9. The van der Waals surface area contributed by atoms with Crippen molar-refractivity contribution in [3.8, 4) is 5.75 Å². The van der Waals surface area contributed by atoms with Crippen LogP contribution in [0.4, 0.5) is 11.5 Å². The number of aromatic nitrogens is 1. The van der Waals surface area contributed by atoms with E-state index < -0.39 is 0 Å². The van der Waals surface area contributed by atoms with Gasteiger partial charge in [-0.15, -0.1) is 0 Å². The van der Waals surface area contributed by atoms with Gasteiger partial charge in [0, 0.05) is 13.6 Å². The Balaban J connectivity index is 2.03. The maximum absolute atomic E-state index is 8.96. The molecule has 0 radical (unpaired) electrons. The fraction of sp³-hybridized carbons (Fsp3) is 0.353. The van der Waals surface area contributed by atoms with Gasteiger partial charge in [-0.3, -0.25) is 0 Å². The topological polar surface area (TPSA) is 57.6 Å². The first kappa shape index (κ1) is 16.1. The number of hydrogen-bond donors (Lipinski definition) is 2. The van der Waals surface area contributed by atoms with E-state index in [4.69, 9.17) is 9.84 Å². The Kier molecular flexibility index (Phi) is 5.61. The summed E-state index contributed by atoms with van der Waals surface area (Å²) in [4.78, 5) is 6.39. The van der Waals surface area contributed by atoms with E-state index in [1.807, 2.05) is 42.3 Å². The van der Waals surface area contributed by atoms with Crippen LogP contribution in [0.2, 0.25) is 0 Å². The van der Waals surface area contributed by atoms with Crippen molar-refractivity contribution in [2.75, 3.05) is 37.5 Å². The van der Waals surface area contributed by atoms with Crippen molar-refractivity contribution in [2.45, 2.75) is 13.0 Å². The second kappa shape index (κ2) is 7.66. The lowest BCUT2D eigenvalue weighted by atomic mass is 10.1. The molecule has 0 bridgehead atoms. The van der Waals surface area contributed by atoms with E-state index in [9.17, 15) is 0 Å². The van der Waals surface area contributed by atoms with Gasteiger partial charge < -0.3 is 20.1 Å². The SMILES string of the molecule is COc1cccc(C(C)Nc2ccc(N(C)CCO)cn2)c1. The maximum Gasteiger partial charge on any atom is 0.126 e. The second-order valence-corrected chi connectivity index (χ2v) is 5.19. The first-order chi connectivity index (χ1) is 10.6.